The van der Waals surface area contributed by atoms with Crippen molar-refractivity contribution in [2.45, 2.75) is 25.0 Å². The first-order chi connectivity index (χ1) is 8.13. The average Bonchev–Trinajstić information content (AvgIpc) is 2.80. The van der Waals surface area contributed by atoms with Crippen LogP contribution in [0.25, 0.3) is 0 Å². The van der Waals surface area contributed by atoms with Crippen molar-refractivity contribution in [1.82, 2.24) is 4.90 Å². The van der Waals surface area contributed by atoms with Gasteiger partial charge in [0.25, 0.3) is 5.91 Å². The summed E-state index contributed by atoms with van der Waals surface area (Å²) in [6.07, 6.45) is 2.67. The Labute approximate surface area is 120 Å². The van der Waals surface area contributed by atoms with Crippen molar-refractivity contribution in [2.75, 3.05) is 13.1 Å². The fourth-order valence-electron chi connectivity index (χ4n) is 2.44. The minimum Gasteiger partial charge on any atom is -0.371 e. The van der Waals surface area contributed by atoms with E-state index in [0.717, 1.165) is 39.1 Å². The maximum atomic E-state index is 12.4. The van der Waals surface area contributed by atoms with Crippen molar-refractivity contribution < 1.29 is 9.53 Å². The van der Waals surface area contributed by atoms with Crippen molar-refractivity contribution in [3.63, 3.8) is 0 Å². The highest BCUT2D eigenvalue weighted by Gasteiger charge is 2.36. The SMILES string of the molecule is O=C(c1cc(Br)sc1Br)N1CC2CCC(C1)O2. The number of morpholine rings is 1. The number of carbonyl (C=O) groups excluding carboxylic acids is 1. The van der Waals surface area contributed by atoms with Crippen LogP contribution in [-0.4, -0.2) is 36.1 Å². The third-order valence-corrected chi connectivity index (χ3v) is 5.56. The van der Waals surface area contributed by atoms with Crippen molar-refractivity contribution in [2.24, 2.45) is 0 Å². The molecule has 0 saturated carbocycles. The summed E-state index contributed by atoms with van der Waals surface area (Å²) in [6.45, 7) is 1.46. The third-order valence-electron chi connectivity index (χ3n) is 3.22. The van der Waals surface area contributed by atoms with E-state index in [1.165, 1.54) is 11.3 Å². The number of amides is 1. The number of carbonyl (C=O) groups is 1. The zero-order chi connectivity index (χ0) is 12.0. The Bertz CT molecular complexity index is 450. The van der Waals surface area contributed by atoms with Gasteiger partial charge in [-0.2, -0.15) is 0 Å². The second kappa shape index (κ2) is 4.64. The van der Waals surface area contributed by atoms with Crippen LogP contribution in [0.15, 0.2) is 13.6 Å². The number of rotatable bonds is 1. The van der Waals surface area contributed by atoms with Gasteiger partial charge in [-0.15, -0.1) is 11.3 Å². The fourth-order valence-corrected chi connectivity index (χ4v) is 5.21. The lowest BCUT2D eigenvalue weighted by molar-refractivity contribution is -0.0303. The van der Waals surface area contributed by atoms with E-state index in [4.69, 9.17) is 4.74 Å². The highest BCUT2D eigenvalue weighted by atomic mass is 79.9. The van der Waals surface area contributed by atoms with Gasteiger partial charge in [-0.05, 0) is 50.8 Å². The summed E-state index contributed by atoms with van der Waals surface area (Å²) >= 11 is 8.38. The molecular weight excluding hydrogens is 370 g/mol. The standard InChI is InChI=1S/C11H11Br2NO2S/c12-9-3-8(10(13)17-9)11(15)14-4-6-1-2-7(5-14)16-6/h3,6-7H,1-2,4-5H2. The van der Waals surface area contributed by atoms with E-state index in [1.807, 2.05) is 11.0 Å². The molecule has 2 fully saturated rings. The minimum atomic E-state index is 0.110. The van der Waals surface area contributed by atoms with Crippen LogP contribution in [0.1, 0.15) is 23.2 Å². The normalized spacial score (nSPS) is 27.5. The zero-order valence-electron chi connectivity index (χ0n) is 8.99. The molecule has 17 heavy (non-hydrogen) atoms. The summed E-state index contributed by atoms with van der Waals surface area (Å²) in [5.74, 6) is 0.110. The topological polar surface area (TPSA) is 29.5 Å². The molecule has 1 aromatic heterocycles. The van der Waals surface area contributed by atoms with Gasteiger partial charge in [-0.1, -0.05) is 0 Å². The summed E-state index contributed by atoms with van der Waals surface area (Å²) in [7, 11) is 0. The molecule has 0 aromatic carbocycles. The molecule has 0 spiro atoms. The van der Waals surface area contributed by atoms with Crippen molar-refractivity contribution in [1.29, 1.82) is 0 Å². The predicted octanol–water partition coefficient (Wildman–Crippen LogP) is 3.28. The summed E-state index contributed by atoms with van der Waals surface area (Å²) in [6, 6.07) is 1.88. The van der Waals surface area contributed by atoms with Gasteiger partial charge in [0.15, 0.2) is 0 Å². The number of hydrogen-bond donors (Lipinski definition) is 0. The molecular formula is C11H11Br2NO2S. The fraction of sp³-hybridized carbons (Fsp3) is 0.545. The van der Waals surface area contributed by atoms with Gasteiger partial charge in [0.1, 0.15) is 0 Å². The minimum absolute atomic E-state index is 0.110. The third kappa shape index (κ3) is 2.32. The Hall–Kier alpha value is 0.0900. The lowest BCUT2D eigenvalue weighted by atomic mass is 10.2. The molecule has 3 heterocycles. The quantitative estimate of drug-likeness (QED) is 0.748. The first-order valence-electron chi connectivity index (χ1n) is 5.53. The summed E-state index contributed by atoms with van der Waals surface area (Å²) in [5.41, 5.74) is 0.753. The highest BCUT2D eigenvalue weighted by molar-refractivity contribution is 9.12. The molecule has 0 N–H and O–H groups in total. The van der Waals surface area contributed by atoms with E-state index in [-0.39, 0.29) is 18.1 Å². The predicted molar refractivity (Wildman–Crippen MR) is 73.5 cm³/mol. The molecule has 6 heteroatoms. The molecule has 0 aliphatic carbocycles. The molecule has 1 amide bonds. The molecule has 2 atom stereocenters. The number of fused-ring (bicyclic) bond motifs is 2. The number of thiophene rings is 1. The van der Waals surface area contributed by atoms with E-state index < -0.39 is 0 Å². The molecule has 1 aromatic rings. The van der Waals surface area contributed by atoms with Crippen molar-refractivity contribution >= 4 is 49.1 Å². The monoisotopic (exact) mass is 379 g/mol. The number of likely N-dealkylation sites (tertiary alicyclic amines) is 1. The summed E-state index contributed by atoms with van der Waals surface area (Å²) in [5, 5.41) is 0. The largest absolute Gasteiger partial charge is 0.371 e. The van der Waals surface area contributed by atoms with Crippen molar-refractivity contribution in [3.8, 4) is 0 Å². The highest BCUT2D eigenvalue weighted by Crippen LogP contribution is 2.34. The molecule has 2 bridgehead atoms. The van der Waals surface area contributed by atoms with E-state index in [9.17, 15) is 4.79 Å². The Morgan fingerprint density at radius 1 is 1.35 bits per heavy atom. The lowest BCUT2D eigenvalue weighted by Crippen LogP contribution is -2.45. The van der Waals surface area contributed by atoms with E-state index in [0.29, 0.717) is 0 Å². The van der Waals surface area contributed by atoms with E-state index in [2.05, 4.69) is 31.9 Å². The Balaban J connectivity index is 1.80. The van der Waals surface area contributed by atoms with Crippen LogP contribution in [0, 0.1) is 0 Å². The Morgan fingerprint density at radius 2 is 2.00 bits per heavy atom. The second-order valence-electron chi connectivity index (χ2n) is 4.41. The molecule has 2 aliphatic rings. The number of halogens is 2. The molecule has 0 radical (unpaired) electrons. The Morgan fingerprint density at radius 3 is 2.53 bits per heavy atom. The van der Waals surface area contributed by atoms with Crippen molar-refractivity contribution in [3.05, 3.63) is 19.2 Å². The molecule has 3 rings (SSSR count). The first-order valence-corrected chi connectivity index (χ1v) is 7.93. The van der Waals surface area contributed by atoms with Gasteiger partial charge >= 0.3 is 0 Å². The molecule has 92 valence electrons. The lowest BCUT2D eigenvalue weighted by Gasteiger charge is -2.32. The van der Waals surface area contributed by atoms with Crippen LogP contribution in [0.2, 0.25) is 0 Å². The van der Waals surface area contributed by atoms with Crippen LogP contribution < -0.4 is 0 Å². The molecule has 2 saturated heterocycles. The van der Waals surface area contributed by atoms with E-state index in [1.54, 1.807) is 0 Å². The average molecular weight is 381 g/mol. The van der Waals surface area contributed by atoms with Crippen LogP contribution in [0.5, 0.6) is 0 Å². The summed E-state index contributed by atoms with van der Waals surface area (Å²) in [4.78, 5) is 14.3. The van der Waals surface area contributed by atoms with Crippen LogP contribution >= 0.6 is 43.2 Å². The maximum absolute atomic E-state index is 12.4. The van der Waals surface area contributed by atoms with Gasteiger partial charge in [0.05, 0.1) is 25.3 Å². The van der Waals surface area contributed by atoms with Crippen LogP contribution in [0.3, 0.4) is 0 Å². The van der Waals surface area contributed by atoms with Gasteiger partial charge < -0.3 is 9.64 Å². The smallest absolute Gasteiger partial charge is 0.256 e. The van der Waals surface area contributed by atoms with Gasteiger partial charge in [0, 0.05) is 13.1 Å². The van der Waals surface area contributed by atoms with Gasteiger partial charge in [-0.25, -0.2) is 0 Å². The molecule has 2 aliphatic heterocycles. The molecule has 2 unspecified atom stereocenters. The van der Waals surface area contributed by atoms with Gasteiger partial charge in [-0.3, -0.25) is 4.79 Å². The maximum Gasteiger partial charge on any atom is 0.256 e. The second-order valence-corrected chi connectivity index (χ2v) is 8.15. The van der Waals surface area contributed by atoms with E-state index >= 15 is 0 Å². The molecule has 3 nitrogen and oxygen atoms in total. The number of hydrogen-bond acceptors (Lipinski definition) is 3. The van der Waals surface area contributed by atoms with Crippen LogP contribution in [0.4, 0.5) is 0 Å². The summed E-state index contributed by atoms with van der Waals surface area (Å²) < 4.78 is 7.61. The zero-order valence-corrected chi connectivity index (χ0v) is 13.0. The number of nitrogens with zero attached hydrogens (tertiary/aromatic N) is 1. The van der Waals surface area contributed by atoms with Crippen LogP contribution in [-0.2, 0) is 4.74 Å². The first kappa shape index (κ1) is 12.1. The Kier molecular flexibility index (Phi) is 3.32. The van der Waals surface area contributed by atoms with Gasteiger partial charge in [0.2, 0.25) is 0 Å². The number of ether oxygens (including phenoxy) is 1.